The number of hydrogen-bond donors (Lipinski definition) is 1. The van der Waals surface area contributed by atoms with Crippen LogP contribution < -0.4 is 5.73 Å². The lowest BCUT2D eigenvalue weighted by molar-refractivity contribution is 0.582. The zero-order valence-electron chi connectivity index (χ0n) is 5.84. The second-order valence-electron chi connectivity index (χ2n) is 2.81. The second-order valence-corrected chi connectivity index (χ2v) is 3.76. The van der Waals surface area contributed by atoms with E-state index in [4.69, 9.17) is 5.73 Å². The van der Waals surface area contributed by atoms with Gasteiger partial charge in [-0.2, -0.15) is 0 Å². The van der Waals surface area contributed by atoms with E-state index >= 15 is 0 Å². The number of hydrogen-bond acceptors (Lipinski definition) is 2. The lowest BCUT2D eigenvalue weighted by Gasteiger charge is -2.17. The highest BCUT2D eigenvalue weighted by atomic mass is 32.1. The lowest BCUT2D eigenvalue weighted by Crippen LogP contribution is -2.14. The molecule has 10 heavy (non-hydrogen) atoms. The van der Waals surface area contributed by atoms with Crippen molar-refractivity contribution < 1.29 is 0 Å². The zero-order valence-corrected chi connectivity index (χ0v) is 6.66. The SMILES string of the molecule is N[C@@H]1CCCc2ccsc21. The normalized spacial score (nSPS) is 24.3. The third-order valence-electron chi connectivity index (χ3n) is 2.08. The van der Waals surface area contributed by atoms with Crippen molar-refractivity contribution in [2.24, 2.45) is 5.73 Å². The van der Waals surface area contributed by atoms with Crippen molar-refractivity contribution >= 4 is 11.3 Å². The van der Waals surface area contributed by atoms with Crippen LogP contribution >= 0.6 is 11.3 Å². The first kappa shape index (κ1) is 6.38. The Morgan fingerprint density at radius 3 is 3.30 bits per heavy atom. The molecular formula is C8H11NS. The van der Waals surface area contributed by atoms with Gasteiger partial charge in [-0.25, -0.2) is 0 Å². The number of nitrogens with two attached hydrogens (primary N) is 1. The predicted octanol–water partition coefficient (Wildman–Crippen LogP) is 2.08. The molecule has 0 aromatic carbocycles. The molecule has 0 aliphatic heterocycles. The summed E-state index contributed by atoms with van der Waals surface area (Å²) < 4.78 is 0. The first-order valence-electron chi connectivity index (χ1n) is 3.70. The number of fused-ring (bicyclic) bond motifs is 1. The van der Waals surface area contributed by atoms with Gasteiger partial charge in [-0.3, -0.25) is 0 Å². The van der Waals surface area contributed by atoms with Crippen LogP contribution in [0.4, 0.5) is 0 Å². The smallest absolute Gasteiger partial charge is 0.0392 e. The molecule has 2 heteroatoms. The molecule has 1 nitrogen and oxygen atoms in total. The third-order valence-corrected chi connectivity index (χ3v) is 3.17. The van der Waals surface area contributed by atoms with Gasteiger partial charge in [0.15, 0.2) is 0 Å². The molecular weight excluding hydrogens is 142 g/mol. The summed E-state index contributed by atoms with van der Waals surface area (Å²) in [6.07, 6.45) is 3.69. The Kier molecular flexibility index (Phi) is 1.51. The molecule has 1 aromatic rings. The van der Waals surface area contributed by atoms with Gasteiger partial charge in [0.25, 0.3) is 0 Å². The van der Waals surface area contributed by atoms with Crippen molar-refractivity contribution in [2.45, 2.75) is 25.3 Å². The molecule has 0 fully saturated rings. The maximum atomic E-state index is 5.90. The van der Waals surface area contributed by atoms with Gasteiger partial charge in [0.1, 0.15) is 0 Å². The molecule has 2 N–H and O–H groups in total. The Bertz CT molecular complexity index is 229. The molecule has 0 spiro atoms. The van der Waals surface area contributed by atoms with E-state index in [1.165, 1.54) is 29.7 Å². The van der Waals surface area contributed by atoms with Crippen molar-refractivity contribution in [3.63, 3.8) is 0 Å². The molecule has 0 bridgehead atoms. The molecule has 54 valence electrons. The molecule has 1 heterocycles. The van der Waals surface area contributed by atoms with E-state index in [9.17, 15) is 0 Å². The van der Waals surface area contributed by atoms with E-state index in [-0.39, 0.29) is 0 Å². The van der Waals surface area contributed by atoms with E-state index in [0.717, 1.165) is 0 Å². The van der Waals surface area contributed by atoms with Gasteiger partial charge in [-0.05, 0) is 36.3 Å². The van der Waals surface area contributed by atoms with Crippen LogP contribution in [0.5, 0.6) is 0 Å². The van der Waals surface area contributed by atoms with E-state index in [1.54, 1.807) is 0 Å². The number of aryl methyl sites for hydroxylation is 1. The molecule has 1 aromatic heterocycles. The summed E-state index contributed by atoms with van der Waals surface area (Å²) in [6.45, 7) is 0. The van der Waals surface area contributed by atoms with Crippen molar-refractivity contribution in [2.75, 3.05) is 0 Å². The molecule has 1 atom stereocenters. The summed E-state index contributed by atoms with van der Waals surface area (Å²) in [5.74, 6) is 0. The summed E-state index contributed by atoms with van der Waals surface area (Å²) in [5.41, 5.74) is 7.39. The minimum absolute atomic E-state index is 0.337. The monoisotopic (exact) mass is 153 g/mol. The van der Waals surface area contributed by atoms with Crippen molar-refractivity contribution in [1.29, 1.82) is 0 Å². The summed E-state index contributed by atoms with van der Waals surface area (Å²) in [7, 11) is 0. The van der Waals surface area contributed by atoms with E-state index in [1.807, 2.05) is 11.3 Å². The molecule has 0 saturated carbocycles. The predicted molar refractivity (Wildman–Crippen MR) is 44.2 cm³/mol. The van der Waals surface area contributed by atoms with Gasteiger partial charge in [-0.1, -0.05) is 0 Å². The van der Waals surface area contributed by atoms with Crippen LogP contribution in [0.1, 0.15) is 29.3 Å². The largest absolute Gasteiger partial charge is 0.323 e. The fourth-order valence-electron chi connectivity index (χ4n) is 1.52. The first-order chi connectivity index (χ1) is 4.88. The van der Waals surface area contributed by atoms with Crippen molar-refractivity contribution in [3.8, 4) is 0 Å². The number of thiophene rings is 1. The van der Waals surface area contributed by atoms with Crippen LogP contribution in [0.2, 0.25) is 0 Å². The Morgan fingerprint density at radius 1 is 1.60 bits per heavy atom. The molecule has 0 saturated heterocycles. The van der Waals surface area contributed by atoms with Crippen LogP contribution in [0.15, 0.2) is 11.4 Å². The Morgan fingerprint density at radius 2 is 2.50 bits per heavy atom. The third kappa shape index (κ3) is 0.879. The summed E-state index contributed by atoms with van der Waals surface area (Å²) >= 11 is 1.81. The van der Waals surface area contributed by atoms with E-state index < -0.39 is 0 Å². The summed E-state index contributed by atoms with van der Waals surface area (Å²) in [5, 5.41) is 2.15. The standard InChI is InChI=1S/C8H11NS/c9-7-3-1-2-6-4-5-10-8(6)7/h4-5,7H,1-3,9H2/t7-/m1/s1. The highest BCUT2D eigenvalue weighted by Crippen LogP contribution is 2.31. The average Bonchev–Trinajstić information content (AvgIpc) is 2.36. The van der Waals surface area contributed by atoms with Gasteiger partial charge in [0.05, 0.1) is 0 Å². The van der Waals surface area contributed by atoms with Crippen molar-refractivity contribution in [3.05, 3.63) is 21.9 Å². The maximum Gasteiger partial charge on any atom is 0.0392 e. The topological polar surface area (TPSA) is 26.0 Å². The van der Waals surface area contributed by atoms with Crippen LogP contribution in [0.25, 0.3) is 0 Å². The molecule has 2 rings (SSSR count). The minimum Gasteiger partial charge on any atom is -0.323 e. The average molecular weight is 153 g/mol. The van der Waals surface area contributed by atoms with Crippen molar-refractivity contribution in [1.82, 2.24) is 0 Å². The Hall–Kier alpha value is -0.340. The maximum absolute atomic E-state index is 5.90. The highest BCUT2D eigenvalue weighted by Gasteiger charge is 2.16. The molecule has 1 aliphatic carbocycles. The van der Waals surface area contributed by atoms with Gasteiger partial charge in [0.2, 0.25) is 0 Å². The fourth-order valence-corrected chi connectivity index (χ4v) is 2.52. The van der Waals surface area contributed by atoms with Gasteiger partial charge in [-0.15, -0.1) is 11.3 Å². The molecule has 1 aliphatic rings. The lowest BCUT2D eigenvalue weighted by atomic mass is 9.96. The van der Waals surface area contributed by atoms with Crippen LogP contribution in [-0.2, 0) is 6.42 Å². The van der Waals surface area contributed by atoms with Gasteiger partial charge < -0.3 is 5.73 Å². The summed E-state index contributed by atoms with van der Waals surface area (Å²) in [4.78, 5) is 1.42. The first-order valence-corrected chi connectivity index (χ1v) is 4.58. The Balaban J connectivity index is 2.41. The highest BCUT2D eigenvalue weighted by molar-refractivity contribution is 7.10. The van der Waals surface area contributed by atoms with Gasteiger partial charge >= 0.3 is 0 Å². The molecule has 0 unspecified atom stereocenters. The number of rotatable bonds is 0. The summed E-state index contributed by atoms with van der Waals surface area (Å²) in [6, 6.07) is 2.54. The molecule has 0 radical (unpaired) electrons. The Labute approximate surface area is 64.9 Å². The zero-order chi connectivity index (χ0) is 6.97. The van der Waals surface area contributed by atoms with Gasteiger partial charge in [0, 0.05) is 10.9 Å². The van der Waals surface area contributed by atoms with Crippen LogP contribution in [-0.4, -0.2) is 0 Å². The second kappa shape index (κ2) is 2.36. The van der Waals surface area contributed by atoms with Crippen LogP contribution in [0.3, 0.4) is 0 Å². The minimum atomic E-state index is 0.337. The van der Waals surface area contributed by atoms with Crippen LogP contribution in [0, 0.1) is 0 Å². The quantitative estimate of drug-likeness (QED) is 0.606. The van der Waals surface area contributed by atoms with E-state index in [2.05, 4.69) is 11.4 Å². The fraction of sp³-hybridized carbons (Fsp3) is 0.500. The van der Waals surface area contributed by atoms with E-state index in [0.29, 0.717) is 6.04 Å². The molecule has 0 amide bonds.